The number of hydrogen-bond donors (Lipinski definition) is 1. The molecule has 0 spiro atoms. The molecule has 0 radical (unpaired) electrons. The minimum atomic E-state index is -3.93. The van der Waals surface area contributed by atoms with Crippen LogP contribution in [0.25, 0.3) is 0 Å². The largest absolute Gasteiger partial charge is 0.354 e. The molecule has 10 heteroatoms. The molecule has 0 aliphatic rings. The lowest BCUT2D eigenvalue weighted by molar-refractivity contribution is -0.140. The van der Waals surface area contributed by atoms with Crippen molar-refractivity contribution in [1.82, 2.24) is 10.2 Å². The Morgan fingerprint density at radius 3 is 2.20 bits per heavy atom. The predicted molar refractivity (Wildman–Crippen MR) is 158 cm³/mol. The maximum Gasteiger partial charge on any atom is 0.244 e. The van der Waals surface area contributed by atoms with Crippen molar-refractivity contribution >= 4 is 44.9 Å². The topological polar surface area (TPSA) is 104 Å². The van der Waals surface area contributed by atoms with Crippen molar-refractivity contribution in [3.8, 4) is 0 Å². The number of nitrogens with zero attached hydrogens (tertiary/aromatic N) is 2. The van der Waals surface area contributed by atoms with Crippen molar-refractivity contribution in [3.05, 3.63) is 101 Å². The monoisotopic (exact) mass is 583 g/mol. The second kappa shape index (κ2) is 14.1. The number of benzene rings is 3. The van der Waals surface area contributed by atoms with Gasteiger partial charge in [0.15, 0.2) is 5.78 Å². The molecule has 0 bridgehead atoms. The Morgan fingerprint density at radius 1 is 0.925 bits per heavy atom. The van der Waals surface area contributed by atoms with Gasteiger partial charge in [-0.05, 0) is 48.7 Å². The van der Waals surface area contributed by atoms with E-state index in [2.05, 4.69) is 5.32 Å². The number of amides is 2. The fraction of sp³-hybridized carbons (Fsp3) is 0.300. The first-order valence-corrected chi connectivity index (χ1v) is 15.2. The summed E-state index contributed by atoms with van der Waals surface area (Å²) in [5.74, 6) is -1.14. The highest BCUT2D eigenvalue weighted by molar-refractivity contribution is 7.92. The van der Waals surface area contributed by atoms with E-state index in [1.54, 1.807) is 36.4 Å². The van der Waals surface area contributed by atoms with Crippen LogP contribution in [0.15, 0.2) is 78.9 Å². The molecule has 0 saturated heterocycles. The van der Waals surface area contributed by atoms with Crippen LogP contribution in [0.2, 0.25) is 5.02 Å². The third-order valence-corrected chi connectivity index (χ3v) is 7.70. The van der Waals surface area contributed by atoms with Crippen molar-refractivity contribution in [3.63, 3.8) is 0 Å². The molecular weight excluding hydrogens is 550 g/mol. The summed E-state index contributed by atoms with van der Waals surface area (Å²) in [4.78, 5) is 40.9. The van der Waals surface area contributed by atoms with Gasteiger partial charge in [0.05, 0.1) is 11.9 Å². The van der Waals surface area contributed by atoms with Crippen LogP contribution in [-0.2, 0) is 32.6 Å². The normalized spacial score (nSPS) is 11.9. The smallest absolute Gasteiger partial charge is 0.244 e. The molecule has 40 heavy (non-hydrogen) atoms. The Kier molecular flexibility index (Phi) is 10.9. The Bertz CT molecular complexity index is 1430. The number of ketones is 1. The summed E-state index contributed by atoms with van der Waals surface area (Å²) in [6.45, 7) is 3.24. The second-order valence-corrected chi connectivity index (χ2v) is 11.9. The van der Waals surface area contributed by atoms with Crippen molar-refractivity contribution in [1.29, 1.82) is 0 Å². The van der Waals surface area contributed by atoms with Crippen LogP contribution in [0, 0.1) is 0 Å². The van der Waals surface area contributed by atoms with Gasteiger partial charge in [0.25, 0.3) is 0 Å². The molecule has 1 unspecified atom stereocenters. The fourth-order valence-corrected chi connectivity index (χ4v) is 5.17. The molecule has 3 rings (SSSR count). The second-order valence-electron chi connectivity index (χ2n) is 9.52. The molecule has 1 atom stereocenters. The van der Waals surface area contributed by atoms with Gasteiger partial charge in [0.1, 0.15) is 12.6 Å². The lowest BCUT2D eigenvalue weighted by Crippen LogP contribution is -2.53. The minimum Gasteiger partial charge on any atom is -0.354 e. The molecule has 0 saturated carbocycles. The third kappa shape index (κ3) is 8.66. The first kappa shape index (κ1) is 30.8. The fourth-order valence-electron chi connectivity index (χ4n) is 4.20. The van der Waals surface area contributed by atoms with Gasteiger partial charge >= 0.3 is 0 Å². The number of rotatable bonds is 13. The van der Waals surface area contributed by atoms with Crippen molar-refractivity contribution < 1.29 is 22.8 Å². The van der Waals surface area contributed by atoms with Crippen LogP contribution >= 0.6 is 11.6 Å². The van der Waals surface area contributed by atoms with Crippen LogP contribution in [0.4, 0.5) is 5.69 Å². The average Bonchev–Trinajstić information content (AvgIpc) is 2.93. The maximum absolute atomic E-state index is 14.0. The van der Waals surface area contributed by atoms with Crippen LogP contribution in [-0.4, -0.2) is 56.3 Å². The number of sulfonamides is 1. The molecule has 8 nitrogen and oxygen atoms in total. The number of nitrogens with one attached hydrogen (secondary N) is 1. The molecule has 0 aliphatic carbocycles. The number of anilines is 1. The van der Waals surface area contributed by atoms with Gasteiger partial charge in [-0.25, -0.2) is 8.42 Å². The van der Waals surface area contributed by atoms with E-state index in [1.165, 1.54) is 24.0 Å². The first-order chi connectivity index (χ1) is 19.0. The lowest BCUT2D eigenvalue weighted by atomic mass is 10.0. The molecule has 0 heterocycles. The summed E-state index contributed by atoms with van der Waals surface area (Å²) in [5.41, 5.74) is 2.08. The van der Waals surface area contributed by atoms with Crippen molar-refractivity contribution in [2.75, 3.05) is 23.7 Å². The van der Waals surface area contributed by atoms with Crippen LogP contribution in [0.3, 0.4) is 0 Å². The summed E-state index contributed by atoms with van der Waals surface area (Å²) in [6.07, 6.45) is 1.94. The van der Waals surface area contributed by atoms with E-state index in [4.69, 9.17) is 11.6 Å². The van der Waals surface area contributed by atoms with E-state index in [0.29, 0.717) is 23.6 Å². The zero-order valence-electron chi connectivity index (χ0n) is 22.8. The van der Waals surface area contributed by atoms with Gasteiger partial charge in [0, 0.05) is 30.1 Å². The summed E-state index contributed by atoms with van der Waals surface area (Å²) in [7, 11) is -3.93. The zero-order chi connectivity index (χ0) is 29.3. The van der Waals surface area contributed by atoms with E-state index < -0.39 is 28.5 Å². The van der Waals surface area contributed by atoms with Gasteiger partial charge in [0.2, 0.25) is 21.8 Å². The van der Waals surface area contributed by atoms with Crippen molar-refractivity contribution in [2.24, 2.45) is 0 Å². The average molecular weight is 584 g/mol. The maximum atomic E-state index is 14.0. The highest BCUT2D eigenvalue weighted by Crippen LogP contribution is 2.22. The standard InChI is InChI=1S/C30H34ClN3O5S/c1-4-17-32-30(37)28(18-23-9-6-5-7-10-23)33(20-24-13-15-26(31)16-14-24)29(36)21-34(40(3,38)39)27-12-8-11-25(19-27)22(2)35/h5-16,19,28H,4,17-18,20-21H2,1-3H3,(H,32,37). The number of carbonyl (C=O) groups excluding carboxylic acids is 3. The molecule has 1 N–H and O–H groups in total. The lowest BCUT2D eigenvalue weighted by Gasteiger charge is -2.33. The summed E-state index contributed by atoms with van der Waals surface area (Å²) < 4.78 is 26.7. The van der Waals surface area contributed by atoms with Crippen LogP contribution < -0.4 is 9.62 Å². The molecule has 2 amide bonds. The highest BCUT2D eigenvalue weighted by Gasteiger charge is 2.33. The first-order valence-electron chi connectivity index (χ1n) is 12.9. The molecular formula is C30H34ClN3O5S. The highest BCUT2D eigenvalue weighted by atomic mass is 35.5. The summed E-state index contributed by atoms with van der Waals surface area (Å²) in [5, 5.41) is 3.42. The number of halogens is 1. The minimum absolute atomic E-state index is 0.0537. The third-order valence-electron chi connectivity index (χ3n) is 6.31. The summed E-state index contributed by atoms with van der Waals surface area (Å²) >= 11 is 6.07. The molecule has 3 aromatic carbocycles. The van der Waals surface area contributed by atoms with E-state index in [-0.39, 0.29) is 30.3 Å². The molecule has 3 aromatic rings. The Balaban J connectivity index is 2.05. The number of Topliss-reactive ketones (excluding diaryl/α,β-unsaturated/α-hetero) is 1. The van der Waals surface area contributed by atoms with Crippen LogP contribution in [0.5, 0.6) is 0 Å². The van der Waals surface area contributed by atoms with Gasteiger partial charge < -0.3 is 10.2 Å². The van der Waals surface area contributed by atoms with Gasteiger partial charge in [-0.2, -0.15) is 0 Å². The Labute approximate surface area is 241 Å². The van der Waals surface area contributed by atoms with Gasteiger partial charge in [-0.15, -0.1) is 0 Å². The van der Waals surface area contributed by atoms with Gasteiger partial charge in [-0.1, -0.05) is 73.1 Å². The van der Waals surface area contributed by atoms with E-state index >= 15 is 0 Å². The molecule has 212 valence electrons. The number of hydrogen-bond acceptors (Lipinski definition) is 5. The van der Waals surface area contributed by atoms with Crippen LogP contribution in [0.1, 0.15) is 41.8 Å². The van der Waals surface area contributed by atoms with E-state index in [1.807, 2.05) is 37.3 Å². The Morgan fingerprint density at radius 2 is 1.60 bits per heavy atom. The molecule has 0 fully saturated rings. The summed E-state index contributed by atoms with van der Waals surface area (Å²) in [6, 6.07) is 21.4. The predicted octanol–water partition coefficient (Wildman–Crippen LogP) is 4.47. The van der Waals surface area contributed by atoms with Gasteiger partial charge in [-0.3, -0.25) is 18.7 Å². The molecule has 0 aliphatic heterocycles. The number of carbonyl (C=O) groups is 3. The van der Waals surface area contributed by atoms with E-state index in [0.717, 1.165) is 21.7 Å². The zero-order valence-corrected chi connectivity index (χ0v) is 24.4. The van der Waals surface area contributed by atoms with Crippen molar-refractivity contribution in [2.45, 2.75) is 39.3 Å². The van der Waals surface area contributed by atoms with E-state index in [9.17, 15) is 22.8 Å². The molecule has 0 aromatic heterocycles. The SMILES string of the molecule is CCCNC(=O)C(Cc1ccccc1)N(Cc1ccc(Cl)cc1)C(=O)CN(c1cccc(C(C)=O)c1)S(C)(=O)=O. The Hall–Kier alpha value is -3.69. The quantitative estimate of drug-likeness (QED) is 0.299.